The van der Waals surface area contributed by atoms with Gasteiger partial charge in [-0.05, 0) is 25.0 Å². The maximum absolute atomic E-state index is 12.0. The van der Waals surface area contributed by atoms with Crippen molar-refractivity contribution in [1.82, 2.24) is 5.06 Å². The second-order valence-electron chi connectivity index (χ2n) is 3.96. The van der Waals surface area contributed by atoms with Crippen molar-refractivity contribution in [2.45, 2.75) is 25.8 Å². The minimum Gasteiger partial charge on any atom is -0.273 e. The fraction of sp³-hybridized carbons (Fsp3) is 0.417. The lowest BCUT2D eigenvalue weighted by Crippen LogP contribution is -2.40. The SMILES string of the molecule is CC[C@]1(C)c2ccccc2C(=O)N1OC. The molecule has 80 valence electrons. The second kappa shape index (κ2) is 3.35. The number of benzene rings is 1. The molecule has 0 N–H and O–H groups in total. The largest absolute Gasteiger partial charge is 0.278 e. The van der Waals surface area contributed by atoms with Crippen LogP contribution in [0.3, 0.4) is 0 Å². The Bertz CT molecular complexity index is 402. The first-order valence-corrected chi connectivity index (χ1v) is 5.13. The number of rotatable bonds is 2. The highest BCUT2D eigenvalue weighted by Gasteiger charge is 2.45. The van der Waals surface area contributed by atoms with E-state index in [0.717, 1.165) is 17.5 Å². The van der Waals surface area contributed by atoms with E-state index in [4.69, 9.17) is 4.84 Å². The van der Waals surface area contributed by atoms with Crippen molar-refractivity contribution in [3.63, 3.8) is 0 Å². The summed E-state index contributed by atoms with van der Waals surface area (Å²) in [4.78, 5) is 17.2. The van der Waals surface area contributed by atoms with Crippen LogP contribution in [0.4, 0.5) is 0 Å². The summed E-state index contributed by atoms with van der Waals surface area (Å²) in [7, 11) is 1.54. The van der Waals surface area contributed by atoms with Crippen LogP contribution in [0.1, 0.15) is 36.2 Å². The molecule has 1 aromatic rings. The number of hydrogen-bond acceptors (Lipinski definition) is 2. The molecule has 0 saturated heterocycles. The first kappa shape index (κ1) is 10.2. The highest BCUT2D eigenvalue weighted by atomic mass is 16.7. The second-order valence-corrected chi connectivity index (χ2v) is 3.96. The van der Waals surface area contributed by atoms with Crippen LogP contribution in [0, 0.1) is 0 Å². The molecule has 3 nitrogen and oxygen atoms in total. The molecular weight excluding hydrogens is 190 g/mol. The normalized spacial score (nSPS) is 24.5. The molecule has 0 aromatic heterocycles. The van der Waals surface area contributed by atoms with Crippen LogP contribution in [0.15, 0.2) is 24.3 Å². The average molecular weight is 205 g/mol. The number of hydroxylamine groups is 2. The topological polar surface area (TPSA) is 29.5 Å². The van der Waals surface area contributed by atoms with Crippen LogP contribution in [0.5, 0.6) is 0 Å². The molecule has 0 bridgehead atoms. The molecule has 0 spiro atoms. The summed E-state index contributed by atoms with van der Waals surface area (Å²) in [5, 5.41) is 1.47. The zero-order valence-electron chi connectivity index (χ0n) is 9.28. The van der Waals surface area contributed by atoms with E-state index in [-0.39, 0.29) is 11.4 Å². The monoisotopic (exact) mass is 205 g/mol. The van der Waals surface area contributed by atoms with Gasteiger partial charge in [0, 0.05) is 5.56 Å². The Labute approximate surface area is 89.6 Å². The van der Waals surface area contributed by atoms with Crippen molar-refractivity contribution >= 4 is 5.91 Å². The van der Waals surface area contributed by atoms with Crippen LogP contribution >= 0.6 is 0 Å². The molecule has 15 heavy (non-hydrogen) atoms. The molecule has 1 atom stereocenters. The third-order valence-corrected chi connectivity index (χ3v) is 3.24. The zero-order chi connectivity index (χ0) is 11.1. The molecule has 0 aliphatic carbocycles. The van der Waals surface area contributed by atoms with E-state index < -0.39 is 0 Å². The van der Waals surface area contributed by atoms with Crippen LogP contribution in [-0.4, -0.2) is 18.1 Å². The maximum atomic E-state index is 12.0. The van der Waals surface area contributed by atoms with Crippen LogP contribution in [0.25, 0.3) is 0 Å². The molecule has 0 saturated carbocycles. The molecular formula is C12H15NO2. The Morgan fingerprint density at radius 3 is 2.67 bits per heavy atom. The summed E-state index contributed by atoms with van der Waals surface area (Å²) >= 11 is 0. The van der Waals surface area contributed by atoms with Crippen molar-refractivity contribution in [3.8, 4) is 0 Å². The van der Waals surface area contributed by atoms with Gasteiger partial charge in [-0.25, -0.2) is 5.06 Å². The minimum atomic E-state index is -0.331. The lowest BCUT2D eigenvalue weighted by atomic mass is 9.90. The van der Waals surface area contributed by atoms with Gasteiger partial charge in [-0.3, -0.25) is 9.63 Å². The van der Waals surface area contributed by atoms with Gasteiger partial charge in [0.2, 0.25) is 0 Å². The molecule has 0 fully saturated rings. The number of nitrogens with zero attached hydrogens (tertiary/aromatic N) is 1. The van der Waals surface area contributed by atoms with Gasteiger partial charge in [-0.2, -0.15) is 0 Å². The smallest absolute Gasteiger partial charge is 0.273 e. The van der Waals surface area contributed by atoms with Crippen molar-refractivity contribution in [3.05, 3.63) is 35.4 Å². The van der Waals surface area contributed by atoms with Gasteiger partial charge in [0.1, 0.15) is 0 Å². The average Bonchev–Trinajstić information content (AvgIpc) is 2.50. The van der Waals surface area contributed by atoms with Gasteiger partial charge < -0.3 is 0 Å². The number of fused-ring (bicyclic) bond motifs is 1. The highest BCUT2D eigenvalue weighted by molar-refractivity contribution is 5.99. The minimum absolute atomic E-state index is 0.0440. The van der Waals surface area contributed by atoms with Gasteiger partial charge in [-0.1, -0.05) is 25.1 Å². The van der Waals surface area contributed by atoms with E-state index in [1.165, 1.54) is 12.2 Å². The van der Waals surface area contributed by atoms with Crippen LogP contribution in [-0.2, 0) is 10.4 Å². The molecule has 1 aromatic carbocycles. The molecule has 0 radical (unpaired) electrons. The molecule has 2 rings (SSSR count). The van der Waals surface area contributed by atoms with Gasteiger partial charge in [-0.15, -0.1) is 0 Å². The predicted octanol–water partition coefficient (Wildman–Crippen LogP) is 2.33. The van der Waals surface area contributed by atoms with E-state index >= 15 is 0 Å². The van der Waals surface area contributed by atoms with E-state index in [1.54, 1.807) is 0 Å². The van der Waals surface area contributed by atoms with Crippen LogP contribution < -0.4 is 0 Å². The number of amides is 1. The van der Waals surface area contributed by atoms with Gasteiger partial charge in [0.05, 0.1) is 12.6 Å². The van der Waals surface area contributed by atoms with E-state index in [2.05, 4.69) is 6.92 Å². The van der Waals surface area contributed by atoms with Crippen molar-refractivity contribution in [2.24, 2.45) is 0 Å². The first-order valence-electron chi connectivity index (χ1n) is 5.13. The molecule has 1 aliphatic heterocycles. The summed E-state index contributed by atoms with van der Waals surface area (Å²) < 4.78 is 0. The first-order chi connectivity index (χ1) is 7.15. The predicted molar refractivity (Wildman–Crippen MR) is 57.3 cm³/mol. The number of carbonyl (C=O) groups excluding carboxylic acids is 1. The van der Waals surface area contributed by atoms with Gasteiger partial charge in [0.25, 0.3) is 5.91 Å². The maximum Gasteiger partial charge on any atom is 0.278 e. The number of hydrogen-bond donors (Lipinski definition) is 0. The summed E-state index contributed by atoms with van der Waals surface area (Å²) in [6.45, 7) is 4.08. The highest BCUT2D eigenvalue weighted by Crippen LogP contribution is 2.40. The molecule has 3 heteroatoms. The summed E-state index contributed by atoms with van der Waals surface area (Å²) in [5.41, 5.74) is 1.48. The van der Waals surface area contributed by atoms with Crippen molar-refractivity contribution < 1.29 is 9.63 Å². The van der Waals surface area contributed by atoms with E-state index in [0.29, 0.717) is 0 Å². The van der Waals surface area contributed by atoms with Gasteiger partial charge >= 0.3 is 0 Å². The third kappa shape index (κ3) is 1.20. The Hall–Kier alpha value is -1.35. The third-order valence-electron chi connectivity index (χ3n) is 3.24. The number of carbonyl (C=O) groups is 1. The Kier molecular flexibility index (Phi) is 2.27. The van der Waals surface area contributed by atoms with E-state index in [1.807, 2.05) is 31.2 Å². The molecule has 1 amide bonds. The summed E-state index contributed by atoms with van der Waals surface area (Å²) in [5.74, 6) is -0.0440. The van der Waals surface area contributed by atoms with E-state index in [9.17, 15) is 4.79 Å². The van der Waals surface area contributed by atoms with Crippen molar-refractivity contribution in [1.29, 1.82) is 0 Å². The molecule has 1 aliphatic rings. The van der Waals surface area contributed by atoms with Crippen molar-refractivity contribution in [2.75, 3.05) is 7.11 Å². The summed E-state index contributed by atoms with van der Waals surface area (Å²) in [6, 6.07) is 7.69. The molecule has 1 heterocycles. The quantitative estimate of drug-likeness (QED) is 0.741. The fourth-order valence-electron chi connectivity index (χ4n) is 2.20. The summed E-state index contributed by atoms with van der Waals surface area (Å²) in [6.07, 6.45) is 0.837. The standard InChI is InChI=1S/C12H15NO2/c1-4-12(2)10-8-6-5-7-9(10)11(14)13(12)15-3/h5-8H,4H2,1-3H3/t12-/m1/s1. The Morgan fingerprint density at radius 1 is 1.40 bits per heavy atom. The van der Waals surface area contributed by atoms with Crippen LogP contribution in [0.2, 0.25) is 0 Å². The molecule has 0 unspecified atom stereocenters. The Morgan fingerprint density at radius 2 is 2.07 bits per heavy atom. The lowest BCUT2D eigenvalue weighted by molar-refractivity contribution is -0.155. The van der Waals surface area contributed by atoms with Gasteiger partial charge in [0.15, 0.2) is 0 Å². The fourth-order valence-corrected chi connectivity index (χ4v) is 2.20. The lowest BCUT2D eigenvalue weighted by Gasteiger charge is -2.32. The Balaban J connectivity index is 2.61. The zero-order valence-corrected chi connectivity index (χ0v) is 9.28.